The summed E-state index contributed by atoms with van der Waals surface area (Å²) >= 11 is 0. The van der Waals surface area contributed by atoms with E-state index in [1.165, 1.54) is 4.90 Å². The number of benzene rings is 1. The van der Waals surface area contributed by atoms with Gasteiger partial charge in [-0.3, -0.25) is 9.59 Å². The third-order valence-electron chi connectivity index (χ3n) is 5.93. The summed E-state index contributed by atoms with van der Waals surface area (Å²) in [6.45, 7) is 0. The van der Waals surface area contributed by atoms with Crippen molar-refractivity contribution in [3.05, 3.63) is 42.0 Å². The molecule has 0 spiro atoms. The Bertz CT molecular complexity index is 755. The van der Waals surface area contributed by atoms with E-state index in [1.807, 2.05) is 0 Å². The van der Waals surface area contributed by atoms with Gasteiger partial charge in [-0.1, -0.05) is 24.3 Å². The molecule has 4 heteroatoms. The largest absolute Gasteiger partial charge is 0.274 e. The number of allylic oxidation sites excluding steroid dienone is 2. The molecule has 1 aromatic carbocycles. The fourth-order valence-corrected chi connectivity index (χ4v) is 4.96. The number of carbonyl (C=O) groups excluding carboxylic acids is 2. The molecule has 0 unspecified atom stereocenters. The van der Waals surface area contributed by atoms with E-state index in [0.29, 0.717) is 23.1 Å². The fourth-order valence-electron chi connectivity index (χ4n) is 4.96. The lowest BCUT2D eigenvalue weighted by Crippen LogP contribution is -2.40. The van der Waals surface area contributed by atoms with E-state index >= 15 is 0 Å². The molecule has 108 valence electrons. The number of nitrogens with zero attached hydrogens (tertiary/aromatic N) is 2. The van der Waals surface area contributed by atoms with Gasteiger partial charge in [-0.05, 0) is 42.2 Å². The number of imide groups is 1. The maximum Gasteiger partial charge on any atom is 0.238 e. The first-order valence-corrected chi connectivity index (χ1v) is 7.77. The van der Waals surface area contributed by atoms with Crippen LogP contribution in [0.3, 0.4) is 0 Å². The summed E-state index contributed by atoms with van der Waals surface area (Å²) in [5.74, 6) is 0.991. The molecular formula is C18H14N2O2. The van der Waals surface area contributed by atoms with Gasteiger partial charge in [0, 0.05) is 0 Å². The molecular weight excluding hydrogens is 276 g/mol. The fraction of sp³-hybridized carbons (Fsp3) is 0.389. The summed E-state index contributed by atoms with van der Waals surface area (Å²) < 4.78 is 0. The Morgan fingerprint density at radius 3 is 2.18 bits per heavy atom. The molecule has 4 nitrogen and oxygen atoms in total. The molecule has 22 heavy (non-hydrogen) atoms. The van der Waals surface area contributed by atoms with Gasteiger partial charge >= 0.3 is 0 Å². The van der Waals surface area contributed by atoms with Crippen molar-refractivity contribution in [1.82, 2.24) is 0 Å². The van der Waals surface area contributed by atoms with E-state index in [-0.39, 0.29) is 35.5 Å². The average Bonchev–Trinajstić information content (AvgIpc) is 3.32. The molecule has 1 saturated heterocycles. The minimum atomic E-state index is -0.210. The van der Waals surface area contributed by atoms with Crippen LogP contribution in [0.15, 0.2) is 36.4 Å². The van der Waals surface area contributed by atoms with Crippen LogP contribution in [0.5, 0.6) is 0 Å². The molecule has 0 N–H and O–H groups in total. The molecule has 2 bridgehead atoms. The Hall–Kier alpha value is -2.41. The van der Waals surface area contributed by atoms with Crippen molar-refractivity contribution >= 4 is 17.5 Å². The molecule has 1 aliphatic heterocycles. The number of anilines is 1. The topological polar surface area (TPSA) is 61.2 Å². The smallest absolute Gasteiger partial charge is 0.238 e. The predicted molar refractivity (Wildman–Crippen MR) is 78.3 cm³/mol. The summed E-state index contributed by atoms with van der Waals surface area (Å²) in [6, 6.07) is 8.96. The zero-order valence-electron chi connectivity index (χ0n) is 11.8. The van der Waals surface area contributed by atoms with Crippen LogP contribution < -0.4 is 4.90 Å². The van der Waals surface area contributed by atoms with E-state index < -0.39 is 0 Å². The Morgan fingerprint density at radius 1 is 1.00 bits per heavy atom. The molecule has 3 fully saturated rings. The highest BCUT2D eigenvalue weighted by molar-refractivity contribution is 6.23. The average molecular weight is 290 g/mol. The van der Waals surface area contributed by atoms with Gasteiger partial charge in [0.1, 0.15) is 6.07 Å². The number of hydrogen-bond donors (Lipinski definition) is 0. The van der Waals surface area contributed by atoms with Crippen LogP contribution in [-0.4, -0.2) is 11.8 Å². The Morgan fingerprint density at radius 2 is 1.59 bits per heavy atom. The van der Waals surface area contributed by atoms with Gasteiger partial charge in [-0.15, -0.1) is 0 Å². The maximum absolute atomic E-state index is 12.9. The van der Waals surface area contributed by atoms with Crippen LogP contribution >= 0.6 is 0 Å². The second-order valence-corrected chi connectivity index (χ2v) is 6.80. The van der Waals surface area contributed by atoms with Crippen LogP contribution in [0.25, 0.3) is 0 Å². The third kappa shape index (κ3) is 1.28. The van der Waals surface area contributed by atoms with Gasteiger partial charge < -0.3 is 0 Å². The summed E-state index contributed by atoms with van der Waals surface area (Å²) in [5, 5.41) is 9.26. The van der Waals surface area contributed by atoms with Crippen LogP contribution in [0.2, 0.25) is 0 Å². The zero-order chi connectivity index (χ0) is 15.0. The van der Waals surface area contributed by atoms with Crippen LogP contribution in [-0.2, 0) is 9.59 Å². The van der Waals surface area contributed by atoms with E-state index in [0.717, 1.165) is 6.42 Å². The number of nitriles is 1. The molecule has 0 radical (unpaired) electrons. The number of rotatable bonds is 1. The van der Waals surface area contributed by atoms with Crippen LogP contribution in [0, 0.1) is 46.8 Å². The minimum absolute atomic E-state index is 0.109. The molecule has 2 saturated carbocycles. The molecule has 4 aliphatic carbocycles. The van der Waals surface area contributed by atoms with E-state index in [1.54, 1.807) is 24.3 Å². The molecule has 5 aliphatic rings. The Balaban J connectivity index is 1.62. The lowest BCUT2D eigenvalue weighted by Gasteiger charge is -2.37. The zero-order valence-corrected chi connectivity index (χ0v) is 11.8. The molecule has 1 heterocycles. The molecule has 1 aromatic rings. The van der Waals surface area contributed by atoms with Crippen LogP contribution in [0.1, 0.15) is 12.0 Å². The summed E-state index contributed by atoms with van der Waals surface area (Å²) in [5.41, 5.74) is 0.829. The van der Waals surface area contributed by atoms with Crippen molar-refractivity contribution in [2.75, 3.05) is 4.90 Å². The van der Waals surface area contributed by atoms with Crippen molar-refractivity contribution < 1.29 is 9.59 Å². The lowest BCUT2D eigenvalue weighted by atomic mass is 9.63. The highest BCUT2D eigenvalue weighted by Crippen LogP contribution is 2.65. The summed E-state index contributed by atoms with van der Waals surface area (Å²) in [4.78, 5) is 27.2. The van der Waals surface area contributed by atoms with Gasteiger partial charge in [-0.2, -0.15) is 5.26 Å². The summed E-state index contributed by atoms with van der Waals surface area (Å²) in [6.07, 6.45) is 5.47. The second kappa shape index (κ2) is 3.86. The van der Waals surface area contributed by atoms with Gasteiger partial charge in [-0.25, -0.2) is 4.90 Å². The highest BCUT2D eigenvalue weighted by Gasteiger charge is 2.67. The maximum atomic E-state index is 12.9. The van der Waals surface area contributed by atoms with Gasteiger partial charge in [0.2, 0.25) is 11.8 Å². The van der Waals surface area contributed by atoms with Crippen molar-refractivity contribution in [2.24, 2.45) is 35.5 Å². The second-order valence-electron chi connectivity index (χ2n) is 6.80. The van der Waals surface area contributed by atoms with E-state index in [9.17, 15) is 14.9 Å². The van der Waals surface area contributed by atoms with E-state index in [2.05, 4.69) is 18.2 Å². The minimum Gasteiger partial charge on any atom is -0.274 e. The standard InChI is InChI=1S/C18H14N2O2/c19-8-9-3-1-2-4-14(9)20-17(21)15-10-5-6-11(13-7-12(10)13)16(15)18(20)22/h1-6,10-13,15-16H,7H2/t10-,11-,12-,13-,15-,16+/m0/s1. The Labute approximate surface area is 128 Å². The van der Waals surface area contributed by atoms with Crippen molar-refractivity contribution in [2.45, 2.75) is 6.42 Å². The first-order valence-electron chi connectivity index (χ1n) is 7.77. The third-order valence-corrected chi connectivity index (χ3v) is 5.93. The molecule has 0 aromatic heterocycles. The van der Waals surface area contributed by atoms with Crippen LogP contribution in [0.4, 0.5) is 5.69 Å². The molecule has 6 atom stereocenters. The van der Waals surface area contributed by atoms with Crippen molar-refractivity contribution in [3.63, 3.8) is 0 Å². The lowest BCUT2D eigenvalue weighted by molar-refractivity contribution is -0.124. The Kier molecular flexibility index (Phi) is 2.14. The first-order chi connectivity index (χ1) is 10.7. The predicted octanol–water partition coefficient (Wildman–Crippen LogP) is 2.12. The van der Waals surface area contributed by atoms with Crippen molar-refractivity contribution in [1.29, 1.82) is 5.26 Å². The number of carbonyl (C=O) groups is 2. The molecule has 6 rings (SSSR count). The number of amides is 2. The van der Waals surface area contributed by atoms with Gasteiger partial charge in [0.15, 0.2) is 0 Å². The first kappa shape index (κ1) is 12.2. The van der Waals surface area contributed by atoms with Gasteiger partial charge in [0.05, 0.1) is 23.1 Å². The summed E-state index contributed by atoms with van der Waals surface area (Å²) in [7, 11) is 0. The molecule has 2 amide bonds. The highest BCUT2D eigenvalue weighted by atomic mass is 16.2. The normalized spacial score (nSPS) is 40.4. The van der Waals surface area contributed by atoms with Gasteiger partial charge in [0.25, 0.3) is 0 Å². The number of para-hydroxylation sites is 1. The monoisotopic (exact) mass is 290 g/mol. The number of hydrogen-bond acceptors (Lipinski definition) is 3. The van der Waals surface area contributed by atoms with E-state index in [4.69, 9.17) is 0 Å². The SMILES string of the molecule is N#Cc1ccccc1N1C(=O)[C@@H]2[C@H]3C=C[C@@H]([C@@H]4C[C@@H]34)[C@@H]2C1=O. The van der Waals surface area contributed by atoms with Crippen molar-refractivity contribution in [3.8, 4) is 6.07 Å². The quantitative estimate of drug-likeness (QED) is 0.588.